The minimum atomic E-state index is -0.309. The Morgan fingerprint density at radius 3 is 2.64 bits per heavy atom. The van der Waals surface area contributed by atoms with E-state index >= 15 is 0 Å². The first-order valence-corrected chi connectivity index (χ1v) is 8.09. The van der Waals surface area contributed by atoms with Crippen molar-refractivity contribution in [2.45, 2.75) is 6.92 Å². The third-order valence-electron chi connectivity index (χ3n) is 2.89. The summed E-state index contributed by atoms with van der Waals surface area (Å²) in [6, 6.07) is 15.3. The van der Waals surface area contributed by atoms with Crippen molar-refractivity contribution < 1.29 is 14.3 Å². The quantitative estimate of drug-likeness (QED) is 0.520. The highest BCUT2D eigenvalue weighted by Crippen LogP contribution is 2.22. The predicted molar refractivity (Wildman–Crippen MR) is 96.1 cm³/mol. The van der Waals surface area contributed by atoms with E-state index in [-0.39, 0.29) is 5.97 Å². The Labute approximate surface area is 144 Å². The SMILES string of the molecule is CCOC(=O)c1ccc(OCC=Cc2ccccc2)c(I)c1. The molecule has 0 saturated heterocycles. The monoisotopic (exact) mass is 408 g/mol. The first-order valence-electron chi connectivity index (χ1n) is 7.01. The number of carbonyl (C=O) groups is 1. The molecule has 0 amide bonds. The maximum Gasteiger partial charge on any atom is 0.338 e. The molecule has 0 atom stereocenters. The van der Waals surface area contributed by atoms with Crippen molar-refractivity contribution in [3.05, 3.63) is 69.3 Å². The molecule has 0 aliphatic rings. The highest BCUT2D eigenvalue weighted by Gasteiger charge is 2.09. The van der Waals surface area contributed by atoms with Gasteiger partial charge in [-0.1, -0.05) is 36.4 Å². The second-order valence-corrected chi connectivity index (χ2v) is 5.65. The summed E-state index contributed by atoms with van der Waals surface area (Å²) < 4.78 is 11.6. The number of carbonyl (C=O) groups excluding carboxylic acids is 1. The van der Waals surface area contributed by atoms with Gasteiger partial charge in [-0.15, -0.1) is 0 Å². The summed E-state index contributed by atoms with van der Waals surface area (Å²) in [5.41, 5.74) is 1.68. The third-order valence-corrected chi connectivity index (χ3v) is 3.73. The minimum Gasteiger partial charge on any atom is -0.488 e. The van der Waals surface area contributed by atoms with Crippen molar-refractivity contribution in [3.63, 3.8) is 0 Å². The number of hydrogen-bond acceptors (Lipinski definition) is 3. The zero-order chi connectivity index (χ0) is 15.8. The summed E-state index contributed by atoms with van der Waals surface area (Å²) in [5, 5.41) is 0. The van der Waals surface area contributed by atoms with Gasteiger partial charge in [0.2, 0.25) is 0 Å². The van der Waals surface area contributed by atoms with Gasteiger partial charge in [-0.2, -0.15) is 0 Å². The van der Waals surface area contributed by atoms with Crippen LogP contribution in [0.15, 0.2) is 54.6 Å². The summed E-state index contributed by atoms with van der Waals surface area (Å²) in [7, 11) is 0. The molecule has 0 radical (unpaired) electrons. The number of halogens is 1. The fourth-order valence-corrected chi connectivity index (χ4v) is 2.52. The molecule has 0 spiro atoms. The molecule has 0 saturated carbocycles. The lowest BCUT2D eigenvalue weighted by molar-refractivity contribution is 0.0526. The fourth-order valence-electron chi connectivity index (χ4n) is 1.85. The molecule has 2 rings (SSSR count). The molecule has 2 aromatic carbocycles. The van der Waals surface area contributed by atoms with E-state index in [9.17, 15) is 4.79 Å². The lowest BCUT2D eigenvalue weighted by Crippen LogP contribution is -2.05. The normalized spacial score (nSPS) is 10.6. The van der Waals surface area contributed by atoms with Crippen molar-refractivity contribution in [1.29, 1.82) is 0 Å². The van der Waals surface area contributed by atoms with Crippen LogP contribution < -0.4 is 4.74 Å². The smallest absolute Gasteiger partial charge is 0.338 e. The van der Waals surface area contributed by atoms with Crippen LogP contribution >= 0.6 is 22.6 Å². The summed E-state index contributed by atoms with van der Waals surface area (Å²) in [6.45, 7) is 2.64. The van der Waals surface area contributed by atoms with Gasteiger partial charge in [-0.3, -0.25) is 0 Å². The molecule has 0 N–H and O–H groups in total. The average Bonchev–Trinajstić information content (AvgIpc) is 2.54. The van der Waals surface area contributed by atoms with Gasteiger partial charge >= 0.3 is 5.97 Å². The summed E-state index contributed by atoms with van der Waals surface area (Å²) in [5.74, 6) is 0.447. The number of rotatable bonds is 6. The lowest BCUT2D eigenvalue weighted by atomic mass is 10.2. The van der Waals surface area contributed by atoms with E-state index in [1.54, 1.807) is 25.1 Å². The Hall–Kier alpha value is -1.82. The summed E-state index contributed by atoms with van der Waals surface area (Å²) in [4.78, 5) is 11.6. The number of hydrogen-bond donors (Lipinski definition) is 0. The molecule has 22 heavy (non-hydrogen) atoms. The van der Waals surface area contributed by atoms with Crippen molar-refractivity contribution in [2.24, 2.45) is 0 Å². The van der Waals surface area contributed by atoms with Gasteiger partial charge in [0.1, 0.15) is 12.4 Å². The molecule has 3 nitrogen and oxygen atoms in total. The van der Waals surface area contributed by atoms with Crippen LogP contribution in [0.1, 0.15) is 22.8 Å². The van der Waals surface area contributed by atoms with Gasteiger partial charge in [0.25, 0.3) is 0 Å². The molecule has 0 unspecified atom stereocenters. The van der Waals surface area contributed by atoms with Crippen LogP contribution in [-0.2, 0) is 4.74 Å². The Bertz CT molecular complexity index is 651. The molecular formula is C18H17IO3. The predicted octanol–water partition coefficient (Wildman–Crippen LogP) is 4.56. The molecule has 0 aliphatic heterocycles. The number of ether oxygens (including phenoxy) is 2. The molecular weight excluding hydrogens is 391 g/mol. The standard InChI is InChI=1S/C18H17IO3/c1-2-21-18(20)15-10-11-17(16(19)13-15)22-12-6-9-14-7-4-3-5-8-14/h3-11,13H,2,12H2,1H3. The van der Waals surface area contributed by atoms with Crippen molar-refractivity contribution in [1.82, 2.24) is 0 Å². The van der Waals surface area contributed by atoms with E-state index in [0.717, 1.165) is 14.9 Å². The molecule has 0 fully saturated rings. The second-order valence-electron chi connectivity index (χ2n) is 4.49. The van der Waals surface area contributed by atoms with Crippen LogP contribution in [0.3, 0.4) is 0 Å². The van der Waals surface area contributed by atoms with Crippen LogP contribution in [0, 0.1) is 3.57 Å². The Morgan fingerprint density at radius 2 is 1.95 bits per heavy atom. The summed E-state index contributed by atoms with van der Waals surface area (Å²) in [6.07, 6.45) is 3.98. The number of esters is 1. The fraction of sp³-hybridized carbons (Fsp3) is 0.167. The molecule has 4 heteroatoms. The second kappa shape index (κ2) is 8.58. The molecule has 0 aromatic heterocycles. The van der Waals surface area contributed by atoms with Crippen LogP contribution in [0.2, 0.25) is 0 Å². The van der Waals surface area contributed by atoms with Crippen molar-refractivity contribution in [2.75, 3.05) is 13.2 Å². The summed E-state index contributed by atoms with van der Waals surface area (Å²) >= 11 is 2.15. The van der Waals surface area contributed by atoms with E-state index < -0.39 is 0 Å². The Kier molecular flexibility index (Phi) is 6.45. The molecule has 0 heterocycles. The van der Waals surface area contributed by atoms with E-state index in [0.29, 0.717) is 18.8 Å². The maximum atomic E-state index is 11.6. The van der Waals surface area contributed by atoms with E-state index in [4.69, 9.17) is 9.47 Å². The van der Waals surface area contributed by atoms with E-state index in [2.05, 4.69) is 22.6 Å². The first-order chi connectivity index (χ1) is 10.7. The lowest BCUT2D eigenvalue weighted by Gasteiger charge is -2.08. The Balaban J connectivity index is 1.93. The van der Waals surface area contributed by atoms with Crippen molar-refractivity contribution in [3.8, 4) is 5.75 Å². The number of benzene rings is 2. The Morgan fingerprint density at radius 1 is 1.18 bits per heavy atom. The first kappa shape index (κ1) is 16.5. The van der Waals surface area contributed by atoms with Gasteiger partial charge in [0.15, 0.2) is 0 Å². The van der Waals surface area contributed by atoms with Gasteiger partial charge in [-0.25, -0.2) is 4.79 Å². The molecule has 0 bridgehead atoms. The van der Waals surface area contributed by atoms with E-state index in [1.807, 2.05) is 42.5 Å². The highest BCUT2D eigenvalue weighted by atomic mass is 127. The molecule has 0 aliphatic carbocycles. The van der Waals surface area contributed by atoms with Crippen LogP contribution in [0.25, 0.3) is 6.08 Å². The third kappa shape index (κ3) is 4.87. The van der Waals surface area contributed by atoms with Crippen LogP contribution in [0.4, 0.5) is 0 Å². The topological polar surface area (TPSA) is 35.5 Å². The molecule has 114 valence electrons. The maximum absolute atomic E-state index is 11.6. The van der Waals surface area contributed by atoms with E-state index in [1.165, 1.54) is 0 Å². The minimum absolute atomic E-state index is 0.309. The van der Waals surface area contributed by atoms with Gasteiger partial charge in [0.05, 0.1) is 15.7 Å². The zero-order valence-electron chi connectivity index (χ0n) is 12.3. The molecule has 2 aromatic rings. The van der Waals surface area contributed by atoms with Crippen LogP contribution in [0.5, 0.6) is 5.75 Å². The zero-order valence-corrected chi connectivity index (χ0v) is 14.4. The average molecular weight is 408 g/mol. The largest absolute Gasteiger partial charge is 0.488 e. The van der Waals surface area contributed by atoms with Gasteiger partial charge < -0.3 is 9.47 Å². The van der Waals surface area contributed by atoms with Crippen LogP contribution in [-0.4, -0.2) is 19.2 Å². The highest BCUT2D eigenvalue weighted by molar-refractivity contribution is 14.1. The van der Waals surface area contributed by atoms with Gasteiger partial charge in [-0.05, 0) is 59.4 Å². The van der Waals surface area contributed by atoms with Gasteiger partial charge in [0, 0.05) is 0 Å². The van der Waals surface area contributed by atoms with Crippen molar-refractivity contribution >= 4 is 34.6 Å².